The summed E-state index contributed by atoms with van der Waals surface area (Å²) in [6.45, 7) is 4.42. The van der Waals surface area contributed by atoms with Crippen molar-refractivity contribution in [3.8, 4) is 0 Å². The molecule has 0 saturated heterocycles. The van der Waals surface area contributed by atoms with Gasteiger partial charge in [0.05, 0.1) is 0 Å². The zero-order chi connectivity index (χ0) is 8.55. The van der Waals surface area contributed by atoms with Crippen LogP contribution in [0.25, 0.3) is 5.57 Å². The summed E-state index contributed by atoms with van der Waals surface area (Å²) in [6, 6.07) is 8.75. The van der Waals surface area contributed by atoms with Gasteiger partial charge in [0.2, 0.25) is 0 Å². The standard InChI is InChI=1S/C11H11As/c1-8-7-12-11-6-4-3-5-10(11)9(8)2/h3-7H,1-2H3. The Hall–Kier alpha value is -0.612. The second kappa shape index (κ2) is 3.03. The van der Waals surface area contributed by atoms with E-state index in [0.29, 0.717) is 0 Å². The topological polar surface area (TPSA) is 0 Å². The first-order chi connectivity index (χ1) is 5.79. The molecule has 0 spiro atoms. The van der Waals surface area contributed by atoms with Crippen LogP contribution < -0.4 is 5.22 Å². The van der Waals surface area contributed by atoms with Gasteiger partial charge in [-0.1, -0.05) is 0 Å². The van der Waals surface area contributed by atoms with Crippen LogP contribution in [0.4, 0.5) is 0 Å². The van der Waals surface area contributed by atoms with Crippen LogP contribution in [0.2, 0.25) is 0 Å². The minimum absolute atomic E-state index is 0.285. The van der Waals surface area contributed by atoms with Gasteiger partial charge in [0.15, 0.2) is 0 Å². The predicted molar refractivity (Wildman–Crippen MR) is 53.5 cm³/mol. The zero-order valence-electron chi connectivity index (χ0n) is 7.33. The van der Waals surface area contributed by atoms with Gasteiger partial charge in [-0.05, 0) is 0 Å². The Labute approximate surface area is 78.8 Å². The van der Waals surface area contributed by atoms with Crippen molar-refractivity contribution < 1.29 is 0 Å². The third-order valence-electron chi connectivity index (χ3n) is 2.30. The molecule has 1 heteroatoms. The average Bonchev–Trinajstić information content (AvgIpc) is 2.12. The SMILES string of the molecule is CC1=C[As]=c2ccccc2=C1C. The molecule has 2 rings (SSSR count). The second-order valence-electron chi connectivity index (χ2n) is 3.08. The van der Waals surface area contributed by atoms with E-state index in [1.807, 2.05) is 0 Å². The van der Waals surface area contributed by atoms with Crippen LogP contribution in [0.15, 0.2) is 34.7 Å². The Bertz CT molecular complexity index is 452. The maximum absolute atomic E-state index is 2.40. The summed E-state index contributed by atoms with van der Waals surface area (Å²) in [6.07, 6.45) is 0. The Morgan fingerprint density at radius 3 is 2.67 bits per heavy atom. The van der Waals surface area contributed by atoms with Crippen LogP contribution >= 0.6 is 0 Å². The number of rotatable bonds is 0. The van der Waals surface area contributed by atoms with E-state index in [9.17, 15) is 0 Å². The molecule has 1 aromatic carbocycles. The first-order valence-electron chi connectivity index (χ1n) is 4.10. The minimum atomic E-state index is 0.285. The monoisotopic (exact) mass is 218 g/mol. The molecule has 1 aliphatic heterocycles. The fourth-order valence-corrected chi connectivity index (χ4v) is 3.64. The summed E-state index contributed by atoms with van der Waals surface area (Å²) >= 11 is 0.285. The van der Waals surface area contributed by atoms with Crippen LogP contribution in [-0.2, 0) is 0 Å². The molecule has 0 amide bonds. The Balaban J connectivity index is 2.92. The van der Waals surface area contributed by atoms with E-state index in [0.717, 1.165) is 0 Å². The van der Waals surface area contributed by atoms with Gasteiger partial charge < -0.3 is 0 Å². The molecule has 0 nitrogen and oxygen atoms in total. The number of hydrogen-bond acceptors (Lipinski definition) is 0. The quantitative estimate of drug-likeness (QED) is 0.582. The van der Waals surface area contributed by atoms with E-state index in [1.165, 1.54) is 16.4 Å². The van der Waals surface area contributed by atoms with E-state index < -0.39 is 0 Å². The molecular weight excluding hydrogens is 207 g/mol. The molecule has 0 N–H and O–H groups in total. The summed E-state index contributed by atoms with van der Waals surface area (Å²) in [5, 5.41) is 1.47. The van der Waals surface area contributed by atoms with Crippen molar-refractivity contribution in [1.29, 1.82) is 0 Å². The van der Waals surface area contributed by atoms with Crippen molar-refractivity contribution in [2.24, 2.45) is 0 Å². The van der Waals surface area contributed by atoms with Crippen molar-refractivity contribution >= 4 is 20.9 Å². The van der Waals surface area contributed by atoms with Crippen molar-refractivity contribution in [2.75, 3.05) is 0 Å². The molecule has 0 aromatic heterocycles. The van der Waals surface area contributed by atoms with Gasteiger partial charge in [-0.2, -0.15) is 0 Å². The molecule has 1 heterocycles. The van der Waals surface area contributed by atoms with E-state index in [1.54, 1.807) is 3.95 Å². The van der Waals surface area contributed by atoms with Gasteiger partial charge in [-0.25, -0.2) is 0 Å². The van der Waals surface area contributed by atoms with Gasteiger partial charge in [-0.15, -0.1) is 0 Å². The Kier molecular flexibility index (Phi) is 2.02. The molecule has 0 radical (unpaired) electrons. The fourth-order valence-electron chi connectivity index (χ4n) is 1.38. The van der Waals surface area contributed by atoms with Crippen LogP contribution in [0.1, 0.15) is 13.8 Å². The van der Waals surface area contributed by atoms with Gasteiger partial charge in [0, 0.05) is 0 Å². The normalized spacial score (nSPS) is 16.2. The molecule has 0 unspecified atom stereocenters. The number of allylic oxidation sites excluding steroid dienone is 1. The first-order valence-corrected chi connectivity index (χ1v) is 6.12. The van der Waals surface area contributed by atoms with Crippen molar-refractivity contribution in [2.45, 2.75) is 13.8 Å². The van der Waals surface area contributed by atoms with Crippen molar-refractivity contribution in [1.82, 2.24) is 0 Å². The average molecular weight is 218 g/mol. The van der Waals surface area contributed by atoms with Crippen LogP contribution in [-0.4, -0.2) is 15.3 Å². The Morgan fingerprint density at radius 1 is 1.08 bits per heavy atom. The van der Waals surface area contributed by atoms with E-state index in [2.05, 4.69) is 43.0 Å². The molecule has 0 bridgehead atoms. The third kappa shape index (κ3) is 1.21. The molecule has 60 valence electrons. The van der Waals surface area contributed by atoms with E-state index in [4.69, 9.17) is 0 Å². The van der Waals surface area contributed by atoms with Crippen LogP contribution in [0, 0.1) is 3.95 Å². The summed E-state index contributed by atoms with van der Waals surface area (Å²) in [5.74, 6) is 0. The summed E-state index contributed by atoms with van der Waals surface area (Å²) in [7, 11) is 0. The second-order valence-corrected chi connectivity index (χ2v) is 5.18. The van der Waals surface area contributed by atoms with Crippen molar-refractivity contribution in [3.63, 3.8) is 0 Å². The molecule has 0 aliphatic carbocycles. The number of hydrogen-bond donors (Lipinski definition) is 0. The molecule has 0 fully saturated rings. The number of fused-ring (bicyclic) bond motifs is 1. The number of benzene rings is 1. The molecule has 0 saturated carbocycles. The fraction of sp³-hybridized carbons (Fsp3) is 0.182. The van der Waals surface area contributed by atoms with Crippen LogP contribution in [0.5, 0.6) is 0 Å². The van der Waals surface area contributed by atoms with Gasteiger partial charge >= 0.3 is 78.6 Å². The molecular formula is C11H11As. The van der Waals surface area contributed by atoms with E-state index in [-0.39, 0.29) is 15.3 Å². The van der Waals surface area contributed by atoms with Gasteiger partial charge in [-0.3, -0.25) is 0 Å². The molecule has 1 aliphatic rings. The maximum atomic E-state index is 2.40. The van der Waals surface area contributed by atoms with E-state index >= 15 is 0 Å². The summed E-state index contributed by atoms with van der Waals surface area (Å²) in [5.41, 5.74) is 2.92. The molecule has 1 aromatic rings. The first kappa shape index (κ1) is 8.01. The van der Waals surface area contributed by atoms with Gasteiger partial charge in [0.1, 0.15) is 0 Å². The third-order valence-corrected chi connectivity index (χ3v) is 4.78. The van der Waals surface area contributed by atoms with Gasteiger partial charge in [0.25, 0.3) is 0 Å². The predicted octanol–water partition coefficient (Wildman–Crippen LogP) is 1.73. The summed E-state index contributed by atoms with van der Waals surface area (Å²) < 4.78 is 1.55. The zero-order valence-corrected chi connectivity index (χ0v) is 9.21. The van der Waals surface area contributed by atoms with Crippen molar-refractivity contribution in [3.05, 3.63) is 43.9 Å². The summed E-state index contributed by atoms with van der Waals surface area (Å²) in [4.78, 5) is 2.40. The van der Waals surface area contributed by atoms with Crippen LogP contribution in [0.3, 0.4) is 0 Å². The Morgan fingerprint density at radius 2 is 1.83 bits per heavy atom. The molecule has 12 heavy (non-hydrogen) atoms. The molecule has 0 atom stereocenters.